The molecule has 34 heavy (non-hydrogen) atoms. The molecule has 0 saturated carbocycles. The van der Waals surface area contributed by atoms with Gasteiger partial charge < -0.3 is 31.7 Å². The summed E-state index contributed by atoms with van der Waals surface area (Å²) in [5.41, 5.74) is 6.80. The van der Waals surface area contributed by atoms with Gasteiger partial charge in [0.05, 0.1) is 5.56 Å². The Balaban J connectivity index is 1.64. The van der Waals surface area contributed by atoms with Crippen LogP contribution in [0, 0.1) is 5.92 Å². The SMILES string of the molecule is Nc1nc2c(c(=O)[nH]1)C[C@H](C[C@H](CO)c1ccc(C(=O)N[C@H](CCC(=O)O)C(=O)O)cc1)CN2. The van der Waals surface area contributed by atoms with E-state index in [0.29, 0.717) is 30.8 Å². The molecule has 1 aliphatic heterocycles. The molecule has 0 fully saturated rings. The lowest BCUT2D eigenvalue weighted by atomic mass is 9.84. The number of nitrogens with two attached hydrogens (primary N) is 1. The number of nitrogens with one attached hydrogen (secondary N) is 3. The van der Waals surface area contributed by atoms with Gasteiger partial charge in [0, 0.05) is 31.1 Å². The zero-order valence-corrected chi connectivity index (χ0v) is 18.3. The molecular formula is C22H27N5O7. The van der Waals surface area contributed by atoms with E-state index in [0.717, 1.165) is 5.56 Å². The number of hydrogen-bond acceptors (Lipinski definition) is 8. The number of hydrogen-bond donors (Lipinski definition) is 7. The number of rotatable bonds is 10. The fraction of sp³-hybridized carbons (Fsp3) is 0.409. The average Bonchev–Trinajstić information content (AvgIpc) is 2.80. The molecule has 1 amide bonds. The van der Waals surface area contributed by atoms with Gasteiger partial charge in [-0.15, -0.1) is 0 Å². The third-order valence-electron chi connectivity index (χ3n) is 5.82. The van der Waals surface area contributed by atoms with E-state index in [4.69, 9.17) is 10.8 Å². The molecule has 0 unspecified atom stereocenters. The molecular weight excluding hydrogens is 446 g/mol. The van der Waals surface area contributed by atoms with E-state index >= 15 is 0 Å². The fourth-order valence-corrected chi connectivity index (χ4v) is 4.01. The van der Waals surface area contributed by atoms with Gasteiger partial charge in [0.25, 0.3) is 11.5 Å². The van der Waals surface area contributed by atoms with E-state index in [1.165, 1.54) is 12.1 Å². The summed E-state index contributed by atoms with van der Waals surface area (Å²) in [6.07, 6.45) is 0.443. The zero-order valence-electron chi connectivity index (χ0n) is 18.3. The summed E-state index contributed by atoms with van der Waals surface area (Å²) in [6.45, 7) is 0.425. The second-order valence-corrected chi connectivity index (χ2v) is 8.26. The maximum Gasteiger partial charge on any atom is 0.326 e. The summed E-state index contributed by atoms with van der Waals surface area (Å²) < 4.78 is 0. The first-order valence-electron chi connectivity index (χ1n) is 10.8. The minimum absolute atomic E-state index is 0.0450. The lowest BCUT2D eigenvalue weighted by Crippen LogP contribution is -2.41. The number of fused-ring (bicyclic) bond motifs is 1. The smallest absolute Gasteiger partial charge is 0.326 e. The molecule has 12 nitrogen and oxygen atoms in total. The molecule has 8 N–H and O–H groups in total. The molecule has 3 rings (SSSR count). The normalized spacial score (nSPS) is 16.6. The molecule has 12 heteroatoms. The van der Waals surface area contributed by atoms with Crippen molar-refractivity contribution in [2.45, 2.75) is 37.6 Å². The Labute approximate surface area is 194 Å². The number of aliphatic carboxylic acids is 2. The molecule has 0 saturated heterocycles. The lowest BCUT2D eigenvalue weighted by Gasteiger charge is -2.27. The Bertz CT molecular complexity index is 1120. The Morgan fingerprint density at radius 1 is 1.21 bits per heavy atom. The predicted molar refractivity (Wildman–Crippen MR) is 122 cm³/mol. The van der Waals surface area contributed by atoms with Crippen LogP contribution in [0.4, 0.5) is 11.8 Å². The van der Waals surface area contributed by atoms with E-state index in [2.05, 4.69) is 20.6 Å². The van der Waals surface area contributed by atoms with Crippen LogP contribution in [0.1, 0.15) is 46.7 Å². The minimum atomic E-state index is -1.32. The van der Waals surface area contributed by atoms with Crippen molar-refractivity contribution in [1.82, 2.24) is 15.3 Å². The number of aliphatic hydroxyl groups excluding tert-OH is 1. The molecule has 0 radical (unpaired) electrons. The van der Waals surface area contributed by atoms with Gasteiger partial charge in [-0.1, -0.05) is 12.1 Å². The van der Waals surface area contributed by atoms with Crippen LogP contribution in [0.2, 0.25) is 0 Å². The van der Waals surface area contributed by atoms with Crippen LogP contribution in [-0.4, -0.2) is 62.3 Å². The molecule has 2 aromatic rings. The van der Waals surface area contributed by atoms with Crippen LogP contribution in [0.3, 0.4) is 0 Å². The molecule has 2 heterocycles. The van der Waals surface area contributed by atoms with E-state index < -0.39 is 23.9 Å². The number of aliphatic hydroxyl groups is 1. The quantitative estimate of drug-likeness (QED) is 0.248. The summed E-state index contributed by atoms with van der Waals surface area (Å²) in [5, 5.41) is 33.3. The highest BCUT2D eigenvalue weighted by Crippen LogP contribution is 2.29. The number of benzene rings is 1. The van der Waals surface area contributed by atoms with Crippen molar-refractivity contribution in [3.8, 4) is 0 Å². The highest BCUT2D eigenvalue weighted by molar-refractivity contribution is 5.96. The van der Waals surface area contributed by atoms with Gasteiger partial charge in [-0.05, 0) is 42.9 Å². The molecule has 1 aromatic heterocycles. The van der Waals surface area contributed by atoms with Crippen LogP contribution in [0.15, 0.2) is 29.1 Å². The van der Waals surface area contributed by atoms with Crippen LogP contribution in [0.25, 0.3) is 0 Å². The van der Waals surface area contributed by atoms with Crippen LogP contribution in [-0.2, 0) is 16.0 Å². The summed E-state index contributed by atoms with van der Waals surface area (Å²) in [5.74, 6) is -2.77. The monoisotopic (exact) mass is 473 g/mol. The van der Waals surface area contributed by atoms with E-state index in [1.54, 1.807) is 12.1 Å². The number of carboxylic acids is 2. The molecule has 1 aromatic carbocycles. The maximum atomic E-state index is 12.4. The number of nitrogens with zero attached hydrogens (tertiary/aromatic N) is 1. The van der Waals surface area contributed by atoms with Crippen molar-refractivity contribution in [2.75, 3.05) is 24.2 Å². The number of nitrogen functional groups attached to an aromatic ring is 1. The first-order chi connectivity index (χ1) is 16.2. The van der Waals surface area contributed by atoms with Crippen molar-refractivity contribution in [1.29, 1.82) is 0 Å². The molecule has 0 spiro atoms. The average molecular weight is 473 g/mol. The highest BCUT2D eigenvalue weighted by atomic mass is 16.4. The summed E-state index contributed by atoms with van der Waals surface area (Å²) >= 11 is 0. The van der Waals surface area contributed by atoms with Crippen LogP contribution < -0.4 is 21.9 Å². The number of anilines is 2. The lowest BCUT2D eigenvalue weighted by molar-refractivity contribution is -0.140. The Morgan fingerprint density at radius 3 is 2.53 bits per heavy atom. The van der Waals surface area contributed by atoms with Gasteiger partial charge in [-0.2, -0.15) is 4.98 Å². The number of carbonyl (C=O) groups is 3. The van der Waals surface area contributed by atoms with Crippen molar-refractivity contribution < 1.29 is 29.7 Å². The van der Waals surface area contributed by atoms with E-state index in [1.807, 2.05) is 0 Å². The predicted octanol–water partition coefficient (Wildman–Crippen LogP) is 0.150. The molecule has 0 bridgehead atoms. The van der Waals surface area contributed by atoms with Gasteiger partial charge in [0.2, 0.25) is 5.95 Å². The third kappa shape index (κ3) is 6.10. The fourth-order valence-electron chi connectivity index (χ4n) is 4.01. The third-order valence-corrected chi connectivity index (χ3v) is 5.82. The standard InChI is InChI=1S/C22H27N5O7/c23-22-26-18-15(20(32)27-22)8-11(9-24-18)7-14(10-28)12-1-3-13(4-2-12)19(31)25-16(21(33)34)5-6-17(29)30/h1-4,11,14,16,28H,5-10H2,(H,25,31)(H,29,30)(H,33,34)(H4,23,24,26,27,32)/t11-,14+,16+/m0/s1. The zero-order chi connectivity index (χ0) is 24.8. The Morgan fingerprint density at radius 2 is 1.91 bits per heavy atom. The molecule has 182 valence electrons. The van der Waals surface area contributed by atoms with Crippen molar-refractivity contribution in [3.05, 3.63) is 51.3 Å². The first-order valence-corrected chi connectivity index (χ1v) is 10.8. The highest BCUT2D eigenvalue weighted by Gasteiger charge is 2.26. The Hall–Kier alpha value is -3.93. The second kappa shape index (κ2) is 10.8. The van der Waals surface area contributed by atoms with Crippen LogP contribution >= 0.6 is 0 Å². The van der Waals surface area contributed by atoms with E-state index in [-0.39, 0.29) is 48.4 Å². The topological polar surface area (TPSA) is 208 Å². The van der Waals surface area contributed by atoms with Crippen molar-refractivity contribution in [3.63, 3.8) is 0 Å². The molecule has 3 atom stereocenters. The number of amides is 1. The van der Waals surface area contributed by atoms with Crippen LogP contribution in [0.5, 0.6) is 0 Å². The summed E-state index contributed by atoms with van der Waals surface area (Å²) in [6, 6.07) is 5.09. The Kier molecular flexibility index (Phi) is 7.84. The van der Waals surface area contributed by atoms with Crippen molar-refractivity contribution in [2.24, 2.45) is 5.92 Å². The van der Waals surface area contributed by atoms with Gasteiger partial charge in [-0.25, -0.2) is 4.79 Å². The minimum Gasteiger partial charge on any atom is -0.481 e. The van der Waals surface area contributed by atoms with Gasteiger partial charge in [0.15, 0.2) is 0 Å². The summed E-state index contributed by atoms with van der Waals surface area (Å²) in [4.78, 5) is 53.2. The summed E-state index contributed by atoms with van der Waals surface area (Å²) in [7, 11) is 0. The van der Waals surface area contributed by atoms with Crippen molar-refractivity contribution >= 4 is 29.6 Å². The van der Waals surface area contributed by atoms with Gasteiger partial charge in [-0.3, -0.25) is 19.4 Å². The molecule has 1 aliphatic rings. The van der Waals surface area contributed by atoms with Gasteiger partial charge >= 0.3 is 11.9 Å². The number of aromatic amines is 1. The molecule has 0 aliphatic carbocycles. The first kappa shape index (κ1) is 24.7. The van der Waals surface area contributed by atoms with Gasteiger partial charge in [0.1, 0.15) is 11.9 Å². The maximum absolute atomic E-state index is 12.4. The second-order valence-electron chi connectivity index (χ2n) is 8.26. The largest absolute Gasteiger partial charge is 0.481 e. The number of H-pyrrole nitrogens is 1. The number of aromatic nitrogens is 2. The van der Waals surface area contributed by atoms with E-state index in [9.17, 15) is 29.4 Å². The number of carbonyl (C=O) groups excluding carboxylic acids is 1. The number of carboxylic acid groups (broad SMARTS) is 2.